The number of nitrogens with one attached hydrogen (secondary N) is 3. The molecule has 0 saturated heterocycles. The highest BCUT2D eigenvalue weighted by atomic mass is 32.1. The highest BCUT2D eigenvalue weighted by molar-refractivity contribution is 7.11. The van der Waals surface area contributed by atoms with Crippen LogP contribution in [0, 0.1) is 13.8 Å². The van der Waals surface area contributed by atoms with Crippen molar-refractivity contribution in [3.63, 3.8) is 0 Å². The average molecular weight is 369 g/mol. The fourth-order valence-corrected chi connectivity index (χ4v) is 2.91. The van der Waals surface area contributed by atoms with E-state index < -0.39 is 0 Å². The van der Waals surface area contributed by atoms with Crippen molar-refractivity contribution >= 4 is 34.7 Å². The Kier molecular flexibility index (Phi) is 5.69. The third kappa shape index (κ3) is 4.73. The van der Waals surface area contributed by atoms with Crippen LogP contribution in [0.25, 0.3) is 0 Å². The summed E-state index contributed by atoms with van der Waals surface area (Å²) in [7, 11) is 0. The summed E-state index contributed by atoms with van der Waals surface area (Å²) in [6, 6.07) is 7.50. The first kappa shape index (κ1) is 17.7. The molecule has 0 atom stereocenters. The Labute approximate surface area is 155 Å². The van der Waals surface area contributed by atoms with Crippen LogP contribution in [0.3, 0.4) is 0 Å². The molecule has 3 heterocycles. The molecule has 0 aliphatic heterocycles. The zero-order chi connectivity index (χ0) is 18.4. The van der Waals surface area contributed by atoms with Crippen LogP contribution in [0.5, 0.6) is 0 Å². The molecule has 0 spiro atoms. The fraction of sp³-hybridized carbons (Fsp3) is 0.235. The Morgan fingerprint density at radius 2 is 1.85 bits per heavy atom. The number of pyridine rings is 1. The largest absolute Gasteiger partial charge is 0.367 e. The van der Waals surface area contributed by atoms with Gasteiger partial charge in [-0.25, -0.2) is 9.97 Å². The SMILES string of the molecule is Cc1ccnc(Nc2ccc(NCCNC(=O)c3scnc3C)nn2)c1. The molecule has 9 heteroatoms. The van der Waals surface area contributed by atoms with Crippen LogP contribution >= 0.6 is 11.3 Å². The predicted molar refractivity (Wildman–Crippen MR) is 102 cm³/mol. The standard InChI is InChI=1S/C17H19N7OS/c1-11-5-6-18-15(9-11)22-14-4-3-13(23-24-14)19-7-8-20-17(25)16-12(2)21-10-26-16/h3-6,9-10H,7-8H2,1-2H3,(H,19,23)(H,20,25)(H,18,22,24). The van der Waals surface area contributed by atoms with Crippen LogP contribution in [-0.4, -0.2) is 39.2 Å². The lowest BCUT2D eigenvalue weighted by Crippen LogP contribution is -2.28. The molecule has 134 valence electrons. The van der Waals surface area contributed by atoms with Gasteiger partial charge < -0.3 is 16.0 Å². The minimum atomic E-state index is -0.108. The first-order chi connectivity index (χ1) is 12.6. The summed E-state index contributed by atoms with van der Waals surface area (Å²) in [5.74, 6) is 1.86. The van der Waals surface area contributed by atoms with Gasteiger partial charge in [0, 0.05) is 19.3 Å². The van der Waals surface area contributed by atoms with Gasteiger partial charge in [0.25, 0.3) is 5.91 Å². The van der Waals surface area contributed by atoms with E-state index >= 15 is 0 Å². The number of carbonyl (C=O) groups excluding carboxylic acids is 1. The molecule has 0 aliphatic carbocycles. The van der Waals surface area contributed by atoms with Gasteiger partial charge in [-0.05, 0) is 43.7 Å². The number of nitrogens with zero attached hydrogens (tertiary/aromatic N) is 4. The number of thiazole rings is 1. The Morgan fingerprint density at radius 1 is 1.04 bits per heavy atom. The van der Waals surface area contributed by atoms with E-state index in [0.717, 1.165) is 17.1 Å². The molecule has 3 N–H and O–H groups in total. The van der Waals surface area contributed by atoms with Gasteiger partial charge in [-0.2, -0.15) is 0 Å². The number of rotatable bonds is 7. The molecule has 8 nitrogen and oxygen atoms in total. The third-order valence-electron chi connectivity index (χ3n) is 3.50. The topological polar surface area (TPSA) is 105 Å². The Balaban J connectivity index is 1.44. The number of aryl methyl sites for hydroxylation is 2. The fourth-order valence-electron chi connectivity index (χ4n) is 2.20. The van der Waals surface area contributed by atoms with Crippen LogP contribution in [0.4, 0.5) is 17.5 Å². The number of carbonyl (C=O) groups is 1. The minimum absolute atomic E-state index is 0.108. The van der Waals surface area contributed by atoms with E-state index in [-0.39, 0.29) is 5.91 Å². The van der Waals surface area contributed by atoms with Crippen LogP contribution < -0.4 is 16.0 Å². The van der Waals surface area contributed by atoms with Gasteiger partial charge in [0.15, 0.2) is 5.82 Å². The quantitative estimate of drug-likeness (QED) is 0.550. The summed E-state index contributed by atoms with van der Waals surface area (Å²) in [6.07, 6.45) is 1.74. The zero-order valence-corrected chi connectivity index (χ0v) is 15.3. The molecule has 0 radical (unpaired) electrons. The molecular formula is C17H19N7OS. The summed E-state index contributed by atoms with van der Waals surface area (Å²) >= 11 is 1.34. The second-order valence-electron chi connectivity index (χ2n) is 5.60. The number of amides is 1. The molecule has 0 aliphatic rings. The molecule has 3 rings (SSSR count). The van der Waals surface area contributed by atoms with Gasteiger partial charge in [0.05, 0.1) is 11.2 Å². The highest BCUT2D eigenvalue weighted by Gasteiger charge is 2.10. The molecule has 0 fully saturated rings. The van der Waals surface area contributed by atoms with Crippen LogP contribution in [0.2, 0.25) is 0 Å². The van der Waals surface area contributed by atoms with E-state index in [1.807, 2.05) is 38.1 Å². The first-order valence-corrected chi connectivity index (χ1v) is 8.95. The molecular weight excluding hydrogens is 350 g/mol. The van der Waals surface area contributed by atoms with Crippen molar-refractivity contribution in [2.45, 2.75) is 13.8 Å². The van der Waals surface area contributed by atoms with Gasteiger partial charge in [-0.1, -0.05) is 0 Å². The summed E-state index contributed by atoms with van der Waals surface area (Å²) in [5, 5.41) is 17.3. The van der Waals surface area contributed by atoms with Crippen molar-refractivity contribution in [1.29, 1.82) is 0 Å². The van der Waals surface area contributed by atoms with Crippen molar-refractivity contribution < 1.29 is 4.79 Å². The van der Waals surface area contributed by atoms with E-state index in [2.05, 4.69) is 36.1 Å². The van der Waals surface area contributed by atoms with E-state index in [9.17, 15) is 4.79 Å². The number of anilines is 3. The number of aromatic nitrogens is 4. The molecule has 26 heavy (non-hydrogen) atoms. The smallest absolute Gasteiger partial charge is 0.263 e. The average Bonchev–Trinajstić information content (AvgIpc) is 3.06. The Hall–Kier alpha value is -3.07. The van der Waals surface area contributed by atoms with E-state index in [4.69, 9.17) is 0 Å². The summed E-state index contributed by atoms with van der Waals surface area (Å²) in [4.78, 5) is 20.9. The van der Waals surface area contributed by atoms with E-state index in [1.165, 1.54) is 11.3 Å². The summed E-state index contributed by atoms with van der Waals surface area (Å²) < 4.78 is 0. The molecule has 3 aromatic rings. The molecule has 0 bridgehead atoms. The van der Waals surface area contributed by atoms with Gasteiger partial charge >= 0.3 is 0 Å². The lowest BCUT2D eigenvalue weighted by atomic mass is 10.3. The lowest BCUT2D eigenvalue weighted by Gasteiger charge is -2.08. The summed E-state index contributed by atoms with van der Waals surface area (Å²) in [5.41, 5.74) is 3.53. The predicted octanol–water partition coefficient (Wildman–Crippen LogP) is 2.53. The Morgan fingerprint density at radius 3 is 2.54 bits per heavy atom. The first-order valence-electron chi connectivity index (χ1n) is 8.07. The molecule has 0 saturated carbocycles. The van der Waals surface area contributed by atoms with Crippen LogP contribution in [0.15, 0.2) is 36.0 Å². The van der Waals surface area contributed by atoms with Crippen molar-refractivity contribution in [2.24, 2.45) is 0 Å². The van der Waals surface area contributed by atoms with Crippen LogP contribution in [0.1, 0.15) is 20.9 Å². The second-order valence-corrected chi connectivity index (χ2v) is 6.45. The molecule has 0 aromatic carbocycles. The van der Waals surface area contributed by atoms with Crippen LogP contribution in [-0.2, 0) is 0 Å². The van der Waals surface area contributed by atoms with Gasteiger partial charge in [0.1, 0.15) is 16.5 Å². The molecule has 3 aromatic heterocycles. The van der Waals surface area contributed by atoms with Crippen molar-refractivity contribution in [1.82, 2.24) is 25.5 Å². The van der Waals surface area contributed by atoms with Gasteiger partial charge in [0.2, 0.25) is 0 Å². The number of hydrogen-bond acceptors (Lipinski definition) is 8. The van der Waals surface area contributed by atoms with Gasteiger partial charge in [-0.15, -0.1) is 21.5 Å². The monoisotopic (exact) mass is 369 g/mol. The molecule has 0 unspecified atom stereocenters. The zero-order valence-electron chi connectivity index (χ0n) is 14.5. The van der Waals surface area contributed by atoms with Gasteiger partial charge in [-0.3, -0.25) is 4.79 Å². The minimum Gasteiger partial charge on any atom is -0.367 e. The van der Waals surface area contributed by atoms with E-state index in [0.29, 0.717) is 29.6 Å². The third-order valence-corrected chi connectivity index (χ3v) is 4.43. The van der Waals surface area contributed by atoms with Crippen molar-refractivity contribution in [3.05, 3.63) is 52.1 Å². The number of hydrogen-bond donors (Lipinski definition) is 3. The normalized spacial score (nSPS) is 10.4. The maximum Gasteiger partial charge on any atom is 0.263 e. The van der Waals surface area contributed by atoms with E-state index in [1.54, 1.807) is 11.7 Å². The van der Waals surface area contributed by atoms with Crippen molar-refractivity contribution in [2.75, 3.05) is 23.7 Å². The lowest BCUT2D eigenvalue weighted by molar-refractivity contribution is 0.0958. The Bertz CT molecular complexity index is 879. The second kappa shape index (κ2) is 8.34. The van der Waals surface area contributed by atoms with Crippen molar-refractivity contribution in [3.8, 4) is 0 Å². The summed E-state index contributed by atoms with van der Waals surface area (Å²) in [6.45, 7) is 4.84. The highest BCUT2D eigenvalue weighted by Crippen LogP contribution is 2.13. The molecule has 1 amide bonds. The maximum atomic E-state index is 12.0. The maximum absolute atomic E-state index is 12.0.